The number of nitrogens with one attached hydrogen (secondary N) is 4. The van der Waals surface area contributed by atoms with E-state index < -0.39 is 40.7 Å². The summed E-state index contributed by atoms with van der Waals surface area (Å²) in [6.45, 7) is 18.4. The van der Waals surface area contributed by atoms with Crippen LogP contribution in [0.25, 0.3) is 16.9 Å². The van der Waals surface area contributed by atoms with Crippen molar-refractivity contribution in [3.05, 3.63) is 190 Å². The predicted molar refractivity (Wildman–Crippen MR) is 338 cm³/mol. The summed E-state index contributed by atoms with van der Waals surface area (Å²) in [7, 11) is 0. The average Bonchev–Trinajstić information content (AvgIpc) is 4.53. The number of aryl methyl sites for hydroxylation is 1. The number of benzene rings is 3. The fourth-order valence-corrected chi connectivity index (χ4v) is 8.87. The highest BCUT2D eigenvalue weighted by Crippen LogP contribution is 2.27. The average molecular weight is 1280 g/mol. The Morgan fingerprint density at radius 2 is 1.03 bits per heavy atom. The smallest absolute Gasteiger partial charge is 0.407 e. The number of carbonyl (C=O) groups excluding carboxylic acids is 4. The van der Waals surface area contributed by atoms with Crippen LogP contribution in [0.2, 0.25) is 0 Å². The van der Waals surface area contributed by atoms with E-state index in [4.69, 9.17) is 30.4 Å². The summed E-state index contributed by atoms with van der Waals surface area (Å²) >= 11 is 3.36. The van der Waals surface area contributed by atoms with Crippen LogP contribution in [0, 0.1) is 12.3 Å². The maximum absolute atomic E-state index is 12.7. The van der Waals surface area contributed by atoms with Gasteiger partial charge in [-0.2, -0.15) is 0 Å². The Morgan fingerprint density at radius 3 is 1.54 bits per heavy atom. The van der Waals surface area contributed by atoms with Gasteiger partial charge in [0.2, 0.25) is 23.4 Å². The molecule has 0 aliphatic heterocycles. The highest BCUT2D eigenvalue weighted by molar-refractivity contribution is 9.10. The minimum atomic E-state index is -1.10. The summed E-state index contributed by atoms with van der Waals surface area (Å²) in [4.78, 5) is 49.7. The summed E-state index contributed by atoms with van der Waals surface area (Å²) < 4.78 is 28.9. The van der Waals surface area contributed by atoms with Gasteiger partial charge in [0.25, 0.3) is 0 Å². The van der Waals surface area contributed by atoms with E-state index in [2.05, 4.69) is 67.8 Å². The second-order valence-corrected chi connectivity index (χ2v) is 24.2. The van der Waals surface area contributed by atoms with Crippen LogP contribution in [0.4, 0.5) is 4.79 Å². The van der Waals surface area contributed by atoms with Crippen LogP contribution in [-0.4, -0.2) is 110 Å². The van der Waals surface area contributed by atoms with Crippen LogP contribution < -0.4 is 32.7 Å². The van der Waals surface area contributed by atoms with Crippen molar-refractivity contribution in [2.75, 3.05) is 26.4 Å². The van der Waals surface area contributed by atoms with Crippen molar-refractivity contribution < 1.29 is 43.2 Å². The zero-order valence-corrected chi connectivity index (χ0v) is 53.2. The van der Waals surface area contributed by atoms with Crippen LogP contribution in [0.1, 0.15) is 125 Å². The van der Waals surface area contributed by atoms with Crippen molar-refractivity contribution in [2.45, 2.75) is 124 Å². The molecule has 6 heterocycles. The van der Waals surface area contributed by atoms with Gasteiger partial charge in [-0.05, 0) is 103 Å². The number of halogens is 1. The van der Waals surface area contributed by atoms with E-state index >= 15 is 0 Å². The molecule has 0 radical (unpaired) electrons. The first kappa shape index (κ1) is 67.8. The largest absolute Gasteiger partial charge is 0.504 e. The number of pyridine rings is 3. The molecule has 0 aliphatic carbocycles. The molecule has 24 nitrogen and oxygen atoms in total. The van der Waals surface area contributed by atoms with Gasteiger partial charge in [0.1, 0.15) is 24.7 Å². The van der Waals surface area contributed by atoms with Gasteiger partial charge < -0.3 is 56.8 Å². The zero-order chi connectivity index (χ0) is 64.3. The lowest BCUT2D eigenvalue weighted by Gasteiger charge is -2.24. The van der Waals surface area contributed by atoms with Crippen molar-refractivity contribution in [1.82, 2.24) is 65.1 Å². The monoisotopic (exact) mass is 1280 g/mol. The molecule has 89 heavy (non-hydrogen) atoms. The van der Waals surface area contributed by atoms with Crippen molar-refractivity contribution in [3.8, 4) is 5.75 Å². The molecule has 0 fully saturated rings. The van der Waals surface area contributed by atoms with Gasteiger partial charge in [0, 0.05) is 28.8 Å². The molecule has 9 N–H and O–H groups in total. The number of fused-ring (bicyclic) bond motifs is 3. The lowest BCUT2D eigenvalue weighted by atomic mass is 9.95. The van der Waals surface area contributed by atoms with Crippen LogP contribution >= 0.6 is 15.9 Å². The number of amides is 4. The Hall–Kier alpha value is -8.72. The van der Waals surface area contributed by atoms with Gasteiger partial charge >= 0.3 is 6.09 Å². The van der Waals surface area contributed by atoms with E-state index in [0.29, 0.717) is 70.9 Å². The molecule has 0 bridgehead atoms. The highest BCUT2D eigenvalue weighted by atomic mass is 79.9. The van der Waals surface area contributed by atoms with Crippen LogP contribution in [0.5, 0.6) is 5.75 Å². The number of nitrogens with two attached hydrogens (primary N) is 2. The van der Waals surface area contributed by atoms with E-state index in [1.165, 1.54) is 0 Å². The number of carbonyl (C=O) groups is 4. The second kappa shape index (κ2) is 31.5. The van der Waals surface area contributed by atoms with E-state index in [-0.39, 0.29) is 49.9 Å². The predicted octanol–water partition coefficient (Wildman–Crippen LogP) is 8.24. The normalized spacial score (nSPS) is 12.7. The molecule has 4 amide bonds. The van der Waals surface area contributed by atoms with Gasteiger partial charge in [-0.1, -0.05) is 131 Å². The van der Waals surface area contributed by atoms with E-state index in [1.54, 1.807) is 60.9 Å². The number of alkyl carbamates (subject to hydrolysis) is 1. The molecule has 3 atom stereocenters. The number of aromatic hydroxyl groups is 1. The van der Waals surface area contributed by atoms with Crippen LogP contribution in [-0.2, 0) is 59.8 Å². The molecule has 0 saturated carbocycles. The maximum atomic E-state index is 12.7. The lowest BCUT2D eigenvalue weighted by Crippen LogP contribution is -2.51. The third-order valence-corrected chi connectivity index (χ3v) is 13.8. The van der Waals surface area contributed by atoms with Crippen LogP contribution in [0.3, 0.4) is 0 Å². The molecule has 0 unspecified atom stereocenters. The first-order valence-corrected chi connectivity index (χ1v) is 29.8. The first-order chi connectivity index (χ1) is 42.4. The van der Waals surface area contributed by atoms with Gasteiger partial charge in [0.15, 0.2) is 34.5 Å². The minimum Gasteiger partial charge on any atom is -0.504 e. The number of hydrogen-bond acceptors (Lipinski definition) is 17. The zero-order valence-electron chi connectivity index (χ0n) is 51.6. The molecule has 0 saturated heterocycles. The molecule has 472 valence electrons. The number of rotatable bonds is 24. The summed E-state index contributed by atoms with van der Waals surface area (Å²) in [5.41, 5.74) is 15.7. The van der Waals surface area contributed by atoms with E-state index in [1.807, 2.05) is 154 Å². The summed E-state index contributed by atoms with van der Waals surface area (Å²) in [6.07, 6.45) is 3.99. The Kier molecular flexibility index (Phi) is 24.0. The SMILES string of the molecule is CC(C)(C)C(=O)N[C@H](COCc1ccccc1)c1nnc2c(O)cc(Br)cn12.CCCNC(=O)OCc1cccc2nnc([C@@H](COCc3ccccc3)NC(=O)C(C)(C)N)n12.Cc1ccc2nnc([C@@H](COCc3ccccc3)NC(=O)C(C)(C)N)n2c1. The molecule has 0 spiro atoms. The van der Waals surface area contributed by atoms with Gasteiger partial charge in [-0.25, -0.2) is 4.79 Å². The maximum Gasteiger partial charge on any atom is 0.407 e. The molecule has 0 aliphatic rings. The van der Waals surface area contributed by atoms with Crippen LogP contribution in [0.15, 0.2) is 144 Å². The Balaban J connectivity index is 0.000000192. The topological polar surface area (TPSA) is 316 Å². The molecule has 25 heteroatoms. The molecule has 6 aromatic heterocycles. The number of ether oxygens (including phenoxy) is 4. The van der Waals surface area contributed by atoms with E-state index in [9.17, 15) is 24.3 Å². The third-order valence-electron chi connectivity index (χ3n) is 13.4. The number of aromatic nitrogens is 9. The number of nitrogens with zero attached hydrogens (tertiary/aromatic N) is 9. The Bertz CT molecular complexity index is 3750. The quantitative estimate of drug-likeness (QED) is 0.0299. The Labute approximate surface area is 525 Å². The summed E-state index contributed by atoms with van der Waals surface area (Å²) in [5.74, 6) is 0.784. The van der Waals surface area contributed by atoms with Crippen molar-refractivity contribution >= 4 is 56.7 Å². The molecular weight excluding hydrogens is 1200 g/mol. The number of hydrogen-bond donors (Lipinski definition) is 7. The fourth-order valence-electron chi connectivity index (χ4n) is 8.45. The second-order valence-electron chi connectivity index (χ2n) is 23.3. The van der Waals surface area contributed by atoms with E-state index in [0.717, 1.165) is 28.7 Å². The third kappa shape index (κ3) is 19.9. The fraction of sp³-hybridized carbons (Fsp3) is 0.375. The highest BCUT2D eigenvalue weighted by Gasteiger charge is 2.31. The van der Waals surface area contributed by atoms with Crippen molar-refractivity contribution in [2.24, 2.45) is 16.9 Å². The minimum absolute atomic E-state index is 0.000716. The summed E-state index contributed by atoms with van der Waals surface area (Å²) in [5, 5.41) is 46.9. The van der Waals surface area contributed by atoms with Crippen molar-refractivity contribution in [3.63, 3.8) is 0 Å². The first-order valence-electron chi connectivity index (χ1n) is 29.0. The molecular formula is C64H80BrN15O9. The van der Waals surface area contributed by atoms with Gasteiger partial charge in [-0.15, -0.1) is 30.6 Å². The molecule has 9 rings (SSSR count). The Morgan fingerprint density at radius 1 is 0.562 bits per heavy atom. The lowest BCUT2D eigenvalue weighted by molar-refractivity contribution is -0.130. The molecule has 3 aromatic carbocycles. The standard InChI is InChI=1S/C24H32N6O4.C20H23BrN4O3.C20H25N5O2/c1-4-13-26-23(32)34-15-18-11-8-12-20-28-29-21(30(18)20)19(27-22(31)24(2,3)25)16-33-14-17-9-6-5-7-10-17;1-20(2,3)19(27)22-15(12-28-11-13-7-5-4-6-8-13)17-23-24-18-16(26)9-14(21)10-25(17)18;1-14-9-10-17-23-24-18(25(17)11-14)16(22-19(26)20(2,3)21)13-27-12-15-7-5-4-6-8-15/h5-12,19H,4,13-16,25H2,1-3H3,(H,26,32)(H,27,31);4-10,15,26H,11-12H2,1-3H3,(H,22,27);4-11,16H,12-13,21H2,1-3H3,(H,22,26)/t19-;15-;16-/m111/s1. The van der Waals surface area contributed by atoms with Crippen molar-refractivity contribution in [1.29, 1.82) is 0 Å². The summed E-state index contributed by atoms with van der Waals surface area (Å²) in [6, 6.07) is 38.6. The van der Waals surface area contributed by atoms with Gasteiger partial charge in [-0.3, -0.25) is 27.6 Å². The molecule has 9 aromatic rings. The van der Waals surface area contributed by atoms with Gasteiger partial charge in [0.05, 0.1) is 56.4 Å².